The Bertz CT molecular complexity index is 771. The summed E-state index contributed by atoms with van der Waals surface area (Å²) in [5, 5.41) is 0. The lowest BCUT2D eigenvalue weighted by Crippen LogP contribution is -2.64. The van der Waals surface area contributed by atoms with E-state index in [1.165, 1.54) is 13.8 Å². The van der Waals surface area contributed by atoms with Gasteiger partial charge in [-0.05, 0) is 67.3 Å². The van der Waals surface area contributed by atoms with Crippen LogP contribution in [0.25, 0.3) is 0 Å². The van der Waals surface area contributed by atoms with Crippen molar-refractivity contribution in [2.45, 2.75) is 78.7 Å². The van der Waals surface area contributed by atoms with Crippen LogP contribution in [0.1, 0.15) is 72.6 Å². The molecule has 0 aromatic rings. The molecule has 0 heterocycles. The number of fused-ring (bicyclic) bond motifs is 3. The number of carbonyl (C=O) groups is 3. The van der Waals surface area contributed by atoms with Crippen molar-refractivity contribution in [2.24, 2.45) is 34.0 Å². The fourth-order valence-corrected chi connectivity index (χ4v) is 7.94. The first-order valence-electron chi connectivity index (χ1n) is 11.1. The second-order valence-electron chi connectivity index (χ2n) is 10.6. The van der Waals surface area contributed by atoms with Crippen LogP contribution in [0.3, 0.4) is 0 Å². The van der Waals surface area contributed by atoms with Crippen LogP contribution in [0.15, 0.2) is 12.2 Å². The van der Waals surface area contributed by atoms with Crippen LogP contribution >= 0.6 is 0 Å². The van der Waals surface area contributed by atoms with Gasteiger partial charge < -0.3 is 9.47 Å². The summed E-state index contributed by atoms with van der Waals surface area (Å²) >= 11 is 0. The Hall–Kier alpha value is -1.65. The maximum Gasteiger partial charge on any atom is 0.302 e. The quantitative estimate of drug-likeness (QED) is 0.522. The van der Waals surface area contributed by atoms with Crippen molar-refractivity contribution >= 4 is 17.7 Å². The largest absolute Gasteiger partial charge is 0.465 e. The van der Waals surface area contributed by atoms with Crippen LogP contribution in [0.5, 0.6) is 0 Å². The number of rotatable bonds is 3. The van der Waals surface area contributed by atoms with Crippen molar-refractivity contribution in [3.63, 3.8) is 0 Å². The minimum atomic E-state index is -0.614. The zero-order valence-electron chi connectivity index (χ0n) is 18.2. The molecule has 2 bridgehead atoms. The fraction of sp³-hybridized carbons (Fsp3) is 0.792. The molecule has 0 radical (unpaired) electrons. The molecule has 0 aliphatic heterocycles. The summed E-state index contributed by atoms with van der Waals surface area (Å²) in [6.45, 7) is 12.0. The van der Waals surface area contributed by atoms with Gasteiger partial charge in [0.15, 0.2) is 5.78 Å². The predicted octanol–water partition coefficient (Wildman–Crippen LogP) is 4.24. The monoisotopic (exact) mass is 402 g/mol. The highest BCUT2D eigenvalue weighted by Crippen LogP contribution is 2.71. The van der Waals surface area contributed by atoms with E-state index in [2.05, 4.69) is 20.4 Å². The Morgan fingerprint density at radius 2 is 1.83 bits per heavy atom. The zero-order chi connectivity index (χ0) is 21.2. The molecule has 0 saturated heterocycles. The second kappa shape index (κ2) is 6.68. The molecule has 4 saturated carbocycles. The van der Waals surface area contributed by atoms with Gasteiger partial charge in [0.1, 0.15) is 6.10 Å². The predicted molar refractivity (Wildman–Crippen MR) is 108 cm³/mol. The normalized spacial score (nSPS) is 45.9. The molecule has 5 nitrogen and oxygen atoms in total. The second-order valence-corrected chi connectivity index (χ2v) is 10.6. The number of ketones is 1. The lowest BCUT2D eigenvalue weighted by molar-refractivity contribution is -0.217. The molecule has 7 atom stereocenters. The van der Waals surface area contributed by atoms with Crippen LogP contribution in [0.4, 0.5) is 0 Å². The van der Waals surface area contributed by atoms with E-state index in [9.17, 15) is 14.4 Å². The number of Topliss-reactive ketones (excluding diaryl/α,β-unsaturated/α-hetero) is 1. The van der Waals surface area contributed by atoms with Crippen molar-refractivity contribution in [3.05, 3.63) is 12.2 Å². The average Bonchev–Trinajstić information content (AvgIpc) is 2.83. The van der Waals surface area contributed by atoms with E-state index >= 15 is 0 Å². The van der Waals surface area contributed by atoms with Crippen LogP contribution in [-0.4, -0.2) is 30.4 Å². The third-order valence-corrected chi connectivity index (χ3v) is 9.05. The molecule has 4 aliphatic rings. The maximum absolute atomic E-state index is 13.6. The molecule has 5 heteroatoms. The third-order valence-electron chi connectivity index (χ3n) is 9.05. The van der Waals surface area contributed by atoms with E-state index in [1.807, 2.05) is 0 Å². The smallest absolute Gasteiger partial charge is 0.302 e. The topological polar surface area (TPSA) is 69.7 Å². The number of ether oxygens (including phenoxy) is 2. The zero-order valence-corrected chi connectivity index (χ0v) is 18.2. The van der Waals surface area contributed by atoms with Crippen LogP contribution in [-0.2, 0) is 23.9 Å². The summed E-state index contributed by atoms with van der Waals surface area (Å²) in [5.41, 5.74) is -0.0787. The average molecular weight is 403 g/mol. The Morgan fingerprint density at radius 1 is 1.10 bits per heavy atom. The van der Waals surface area contributed by atoms with Gasteiger partial charge in [0.25, 0.3) is 0 Å². The third kappa shape index (κ3) is 2.83. The standard InChI is InChI=1S/C24H34O5/c1-14-17-7-8-18-23(5)10-6-9-22(4,13-28-15(2)25)19(23)11-20(29-16(3)26)24(18,12-17)21(14)27/h17-20H,1,6-13H2,2-5H3/t17-,18?,19?,20-,22-,23+,24-/m1/s1. The van der Waals surface area contributed by atoms with Gasteiger partial charge in [-0.2, -0.15) is 0 Å². The van der Waals surface area contributed by atoms with Gasteiger partial charge in [-0.25, -0.2) is 0 Å². The highest BCUT2D eigenvalue weighted by Gasteiger charge is 2.71. The molecule has 0 amide bonds. The maximum atomic E-state index is 13.6. The van der Waals surface area contributed by atoms with E-state index < -0.39 is 11.5 Å². The number of allylic oxidation sites excluding steroid dienone is 1. The van der Waals surface area contributed by atoms with Crippen molar-refractivity contribution < 1.29 is 23.9 Å². The molecule has 0 aromatic heterocycles. The number of carbonyl (C=O) groups excluding carboxylic acids is 3. The van der Waals surface area contributed by atoms with Gasteiger partial charge in [-0.1, -0.05) is 26.8 Å². The molecule has 1 spiro atoms. The Balaban J connectivity index is 1.79. The molecular formula is C24H34O5. The first-order valence-corrected chi connectivity index (χ1v) is 11.1. The van der Waals surface area contributed by atoms with Gasteiger partial charge >= 0.3 is 11.9 Å². The van der Waals surface area contributed by atoms with E-state index in [0.29, 0.717) is 13.0 Å². The summed E-state index contributed by atoms with van der Waals surface area (Å²) in [6, 6.07) is 0. The van der Waals surface area contributed by atoms with Crippen molar-refractivity contribution in [1.29, 1.82) is 0 Å². The Labute approximate surface area is 173 Å². The summed E-state index contributed by atoms with van der Waals surface area (Å²) in [6.07, 6.45) is 6.11. The van der Waals surface area contributed by atoms with E-state index in [1.54, 1.807) is 0 Å². The van der Waals surface area contributed by atoms with Gasteiger partial charge in [0.05, 0.1) is 12.0 Å². The molecule has 0 aromatic carbocycles. The number of hydrogen-bond donors (Lipinski definition) is 0. The van der Waals surface area contributed by atoms with Gasteiger partial charge in [-0.3, -0.25) is 14.4 Å². The Kier molecular flexibility index (Phi) is 4.75. The summed E-state index contributed by atoms with van der Waals surface area (Å²) in [4.78, 5) is 37.1. The number of hydrogen-bond acceptors (Lipinski definition) is 5. The molecule has 29 heavy (non-hydrogen) atoms. The first kappa shape index (κ1) is 20.6. The summed E-state index contributed by atoms with van der Waals surface area (Å²) in [5.74, 6) is 0.206. The van der Waals surface area contributed by atoms with Crippen LogP contribution < -0.4 is 0 Å². The van der Waals surface area contributed by atoms with Crippen molar-refractivity contribution in [2.75, 3.05) is 6.61 Å². The van der Waals surface area contributed by atoms with E-state index in [4.69, 9.17) is 9.47 Å². The first-order chi connectivity index (χ1) is 13.5. The lowest BCUT2D eigenvalue weighted by Gasteiger charge is -2.65. The van der Waals surface area contributed by atoms with E-state index in [-0.39, 0.29) is 46.3 Å². The molecular weight excluding hydrogens is 368 g/mol. The molecule has 4 aliphatic carbocycles. The highest BCUT2D eigenvalue weighted by atomic mass is 16.5. The molecule has 4 fully saturated rings. The molecule has 160 valence electrons. The molecule has 0 N–H and O–H groups in total. The van der Waals surface area contributed by atoms with E-state index in [0.717, 1.165) is 44.1 Å². The minimum absolute atomic E-state index is 0.0327. The van der Waals surface area contributed by atoms with Crippen molar-refractivity contribution in [1.82, 2.24) is 0 Å². The number of esters is 2. The summed E-state index contributed by atoms with van der Waals surface area (Å²) in [7, 11) is 0. The van der Waals surface area contributed by atoms with Crippen LogP contribution in [0.2, 0.25) is 0 Å². The fourth-order valence-electron chi connectivity index (χ4n) is 7.94. The lowest BCUT2D eigenvalue weighted by atomic mass is 9.40. The Morgan fingerprint density at radius 3 is 2.48 bits per heavy atom. The minimum Gasteiger partial charge on any atom is -0.465 e. The van der Waals surface area contributed by atoms with Crippen molar-refractivity contribution in [3.8, 4) is 0 Å². The SMILES string of the molecule is C=C1C(=O)[C@]23C[C@H]1CCC2[C@]1(C)CCC[C@](C)(COC(C)=O)C1C[C@H]3OC(C)=O. The van der Waals surface area contributed by atoms with Gasteiger partial charge in [0.2, 0.25) is 0 Å². The highest BCUT2D eigenvalue weighted by molar-refractivity contribution is 6.03. The summed E-state index contributed by atoms with van der Waals surface area (Å²) < 4.78 is 11.4. The molecule has 4 rings (SSSR count). The van der Waals surface area contributed by atoms with Gasteiger partial charge in [-0.15, -0.1) is 0 Å². The van der Waals surface area contributed by atoms with Crippen LogP contribution in [0, 0.1) is 34.0 Å². The molecule has 2 unspecified atom stereocenters. The van der Waals surface area contributed by atoms with Gasteiger partial charge in [0, 0.05) is 19.3 Å².